The molecule has 0 atom stereocenters. The molecule has 2 rings (SSSR count). The number of carbonyl (C=O) groups is 1. The molecule has 0 fully saturated rings. The van der Waals surface area contributed by atoms with Gasteiger partial charge in [-0.25, -0.2) is 14.8 Å². The molecule has 2 aromatic heterocycles. The van der Waals surface area contributed by atoms with E-state index in [1.165, 1.54) is 17.0 Å². The van der Waals surface area contributed by atoms with Crippen LogP contribution in [-0.2, 0) is 0 Å². The molecule has 0 bridgehead atoms. The largest absolute Gasteiger partial charge is 0.478 e. The molecule has 0 amide bonds. The molecule has 2 aromatic rings. The van der Waals surface area contributed by atoms with Gasteiger partial charge >= 0.3 is 5.97 Å². The number of imidazole rings is 1. The number of carboxylic acids is 1. The van der Waals surface area contributed by atoms with Gasteiger partial charge in [-0.3, -0.25) is 4.57 Å². The van der Waals surface area contributed by atoms with E-state index in [0.29, 0.717) is 11.3 Å². The number of pyridine rings is 1. The van der Waals surface area contributed by atoms with Crippen LogP contribution in [0.5, 0.6) is 0 Å². The maximum Gasteiger partial charge on any atom is 0.339 e. The Morgan fingerprint density at radius 3 is 2.83 bits per heavy atom. The van der Waals surface area contributed by atoms with Crippen molar-refractivity contribution < 1.29 is 9.90 Å². The van der Waals surface area contributed by atoms with Gasteiger partial charge in [-0.15, -0.1) is 0 Å². The number of aromatic nitrogens is 3. The van der Waals surface area contributed by atoms with Crippen LogP contribution in [0.3, 0.4) is 0 Å². The zero-order valence-corrected chi connectivity index (χ0v) is 9.88. The smallest absolute Gasteiger partial charge is 0.339 e. The molecule has 0 aliphatic carbocycles. The van der Waals surface area contributed by atoms with E-state index < -0.39 is 5.97 Å². The molecule has 0 aliphatic rings. The molecule has 0 spiro atoms. The molecule has 2 heterocycles. The van der Waals surface area contributed by atoms with E-state index in [1.807, 2.05) is 6.07 Å². The number of hydrogen-bond donors (Lipinski definition) is 1. The van der Waals surface area contributed by atoms with Crippen molar-refractivity contribution in [2.45, 2.75) is 13.8 Å². The van der Waals surface area contributed by atoms with Crippen molar-refractivity contribution in [1.82, 2.24) is 14.5 Å². The Morgan fingerprint density at radius 2 is 2.22 bits per heavy atom. The minimum Gasteiger partial charge on any atom is -0.478 e. The predicted octanol–water partition coefficient (Wildman–Crippen LogP) is 1.45. The van der Waals surface area contributed by atoms with Gasteiger partial charge in [-0.05, 0) is 25.5 Å². The summed E-state index contributed by atoms with van der Waals surface area (Å²) in [4.78, 5) is 19.3. The van der Waals surface area contributed by atoms with E-state index in [4.69, 9.17) is 5.26 Å². The van der Waals surface area contributed by atoms with Crippen LogP contribution in [0, 0.1) is 25.2 Å². The minimum atomic E-state index is -1.08. The minimum absolute atomic E-state index is 0.0788. The van der Waals surface area contributed by atoms with Crippen LogP contribution >= 0.6 is 0 Å². The van der Waals surface area contributed by atoms with Crippen molar-refractivity contribution in [2.75, 3.05) is 0 Å². The molecule has 0 radical (unpaired) electrons. The molecule has 6 nitrogen and oxygen atoms in total. The van der Waals surface area contributed by atoms with Crippen LogP contribution in [0.4, 0.5) is 0 Å². The average Bonchev–Trinajstić information content (AvgIpc) is 2.74. The SMILES string of the molecule is Cc1cc(C)c(C(=O)O)c(-n2ccnc2C#N)n1. The maximum absolute atomic E-state index is 11.3. The Bertz CT molecular complexity index is 667. The van der Waals surface area contributed by atoms with Crippen molar-refractivity contribution in [3.8, 4) is 11.9 Å². The average molecular weight is 242 g/mol. The molecule has 0 aliphatic heterocycles. The van der Waals surface area contributed by atoms with Crippen molar-refractivity contribution in [3.05, 3.63) is 41.1 Å². The molecule has 1 N–H and O–H groups in total. The Balaban J connectivity index is 2.79. The van der Waals surface area contributed by atoms with E-state index >= 15 is 0 Å². The standard InChI is InChI=1S/C12H10N4O2/c1-7-5-8(2)15-11(10(7)12(17)18)16-4-3-14-9(16)6-13/h3-5H,1-2H3,(H,17,18). The maximum atomic E-state index is 11.3. The Hall–Kier alpha value is -2.68. The molecular formula is C12H10N4O2. The van der Waals surface area contributed by atoms with Crippen molar-refractivity contribution in [2.24, 2.45) is 0 Å². The predicted molar refractivity (Wildman–Crippen MR) is 62.5 cm³/mol. The second-order valence-electron chi connectivity index (χ2n) is 3.82. The van der Waals surface area contributed by atoms with Crippen LogP contribution in [0.1, 0.15) is 27.4 Å². The third kappa shape index (κ3) is 1.82. The molecule has 90 valence electrons. The fraction of sp³-hybridized carbons (Fsp3) is 0.167. The zero-order valence-electron chi connectivity index (χ0n) is 9.88. The number of nitriles is 1. The molecule has 0 aromatic carbocycles. The lowest BCUT2D eigenvalue weighted by atomic mass is 10.1. The summed E-state index contributed by atoms with van der Waals surface area (Å²) < 4.78 is 1.38. The number of aromatic carboxylic acids is 1. The van der Waals surface area contributed by atoms with Gasteiger partial charge in [0.25, 0.3) is 0 Å². The molecule has 0 saturated heterocycles. The lowest BCUT2D eigenvalue weighted by Gasteiger charge is -2.10. The van der Waals surface area contributed by atoms with Gasteiger partial charge < -0.3 is 5.11 Å². The molecule has 0 unspecified atom stereocenters. The van der Waals surface area contributed by atoms with Gasteiger partial charge in [-0.2, -0.15) is 5.26 Å². The van der Waals surface area contributed by atoms with Crippen molar-refractivity contribution >= 4 is 5.97 Å². The highest BCUT2D eigenvalue weighted by Crippen LogP contribution is 2.19. The lowest BCUT2D eigenvalue weighted by molar-refractivity contribution is 0.0695. The second-order valence-corrected chi connectivity index (χ2v) is 3.82. The van der Waals surface area contributed by atoms with Crippen LogP contribution in [0.25, 0.3) is 5.82 Å². The number of hydrogen-bond acceptors (Lipinski definition) is 4. The number of rotatable bonds is 2. The Morgan fingerprint density at radius 1 is 1.50 bits per heavy atom. The Labute approximate surface area is 103 Å². The van der Waals surface area contributed by atoms with Gasteiger partial charge in [0.05, 0.1) is 0 Å². The van der Waals surface area contributed by atoms with Crippen LogP contribution in [-0.4, -0.2) is 25.6 Å². The van der Waals surface area contributed by atoms with Crippen LogP contribution in [0.2, 0.25) is 0 Å². The summed E-state index contributed by atoms with van der Waals surface area (Å²) in [6.45, 7) is 3.47. The molecular weight excluding hydrogens is 232 g/mol. The number of carboxylic acid groups (broad SMARTS) is 1. The van der Waals surface area contributed by atoms with Gasteiger partial charge in [-0.1, -0.05) is 0 Å². The van der Waals surface area contributed by atoms with E-state index in [0.717, 1.165) is 0 Å². The van der Waals surface area contributed by atoms with Crippen molar-refractivity contribution in [3.63, 3.8) is 0 Å². The highest BCUT2D eigenvalue weighted by Gasteiger charge is 2.18. The lowest BCUT2D eigenvalue weighted by Crippen LogP contribution is -2.11. The molecule has 18 heavy (non-hydrogen) atoms. The normalized spacial score (nSPS) is 10.1. The third-order valence-corrected chi connectivity index (χ3v) is 2.51. The summed E-state index contributed by atoms with van der Waals surface area (Å²) in [5.41, 5.74) is 1.36. The number of aryl methyl sites for hydroxylation is 2. The highest BCUT2D eigenvalue weighted by molar-refractivity contribution is 5.93. The topological polar surface area (TPSA) is 91.8 Å². The summed E-state index contributed by atoms with van der Waals surface area (Å²) in [6.07, 6.45) is 2.95. The van der Waals surface area contributed by atoms with E-state index in [-0.39, 0.29) is 17.2 Å². The van der Waals surface area contributed by atoms with Crippen molar-refractivity contribution in [1.29, 1.82) is 5.26 Å². The highest BCUT2D eigenvalue weighted by atomic mass is 16.4. The summed E-state index contributed by atoms with van der Waals surface area (Å²) in [5.74, 6) is -0.753. The summed E-state index contributed by atoms with van der Waals surface area (Å²) in [6, 6.07) is 3.59. The van der Waals surface area contributed by atoms with Crippen LogP contribution in [0.15, 0.2) is 18.5 Å². The third-order valence-electron chi connectivity index (χ3n) is 2.51. The van der Waals surface area contributed by atoms with Gasteiger partial charge in [0.1, 0.15) is 11.6 Å². The summed E-state index contributed by atoms with van der Waals surface area (Å²) in [5, 5.41) is 18.2. The zero-order chi connectivity index (χ0) is 13.3. The van der Waals surface area contributed by atoms with Crippen LogP contribution < -0.4 is 0 Å². The van der Waals surface area contributed by atoms with E-state index in [2.05, 4.69) is 9.97 Å². The van der Waals surface area contributed by atoms with Gasteiger partial charge in [0, 0.05) is 18.1 Å². The summed E-state index contributed by atoms with van der Waals surface area (Å²) >= 11 is 0. The fourth-order valence-corrected chi connectivity index (χ4v) is 1.81. The van der Waals surface area contributed by atoms with E-state index in [1.54, 1.807) is 19.9 Å². The van der Waals surface area contributed by atoms with Gasteiger partial charge in [0.15, 0.2) is 5.82 Å². The first-order valence-electron chi connectivity index (χ1n) is 5.20. The molecule has 0 saturated carbocycles. The van der Waals surface area contributed by atoms with E-state index in [9.17, 15) is 9.90 Å². The first-order chi connectivity index (χ1) is 8.54. The fourth-order valence-electron chi connectivity index (χ4n) is 1.81. The monoisotopic (exact) mass is 242 g/mol. The first kappa shape index (κ1) is 11.8. The first-order valence-corrected chi connectivity index (χ1v) is 5.20. The quantitative estimate of drug-likeness (QED) is 0.860. The summed E-state index contributed by atoms with van der Waals surface area (Å²) in [7, 11) is 0. The van der Waals surface area contributed by atoms with Gasteiger partial charge in [0.2, 0.25) is 5.82 Å². The second kappa shape index (κ2) is 4.30. The molecule has 6 heteroatoms. The number of nitrogens with zero attached hydrogens (tertiary/aromatic N) is 4. The Kier molecular flexibility index (Phi) is 2.81.